The van der Waals surface area contributed by atoms with Gasteiger partial charge in [0.15, 0.2) is 0 Å². The summed E-state index contributed by atoms with van der Waals surface area (Å²) in [6.45, 7) is -0.153. The zero-order valence-electron chi connectivity index (χ0n) is 24.7. The molecule has 0 aliphatic rings. The van der Waals surface area contributed by atoms with Gasteiger partial charge < -0.3 is 20.3 Å². The molecule has 45 heavy (non-hydrogen) atoms. The molecule has 0 spiro atoms. The van der Waals surface area contributed by atoms with Crippen LogP contribution in [0.1, 0.15) is 15.9 Å². The van der Waals surface area contributed by atoms with E-state index in [9.17, 15) is 18.8 Å². The highest BCUT2D eigenvalue weighted by Gasteiger charge is 2.26. The number of benzene rings is 4. The summed E-state index contributed by atoms with van der Waals surface area (Å²) >= 11 is 0. The SMILES string of the molecule is COc1ccc(N(C)C(=O)[C@H](Cc2ccccc2)NC(=O)Cn2cc(-c3ccc(NC(=O)c4cccc(F)c4)cc3)nn2)cc1. The van der Waals surface area contributed by atoms with Crippen LogP contribution in [0.4, 0.5) is 15.8 Å². The van der Waals surface area contributed by atoms with E-state index in [4.69, 9.17) is 4.74 Å². The van der Waals surface area contributed by atoms with Gasteiger partial charge in [-0.05, 0) is 60.2 Å². The predicted octanol–water partition coefficient (Wildman–Crippen LogP) is 4.74. The predicted molar refractivity (Wildman–Crippen MR) is 168 cm³/mol. The van der Waals surface area contributed by atoms with E-state index in [1.165, 1.54) is 27.8 Å². The van der Waals surface area contributed by atoms with E-state index in [1.54, 1.807) is 68.9 Å². The van der Waals surface area contributed by atoms with Gasteiger partial charge in [-0.15, -0.1) is 5.10 Å². The minimum Gasteiger partial charge on any atom is -0.497 e. The number of carbonyl (C=O) groups is 3. The van der Waals surface area contributed by atoms with E-state index in [1.807, 2.05) is 30.3 Å². The lowest BCUT2D eigenvalue weighted by molar-refractivity contribution is -0.127. The minimum absolute atomic E-state index is 0.153. The molecule has 228 valence electrons. The first-order valence-electron chi connectivity index (χ1n) is 14.1. The maximum atomic E-state index is 13.6. The Hall–Kier alpha value is -5.84. The number of rotatable bonds is 11. The smallest absolute Gasteiger partial charge is 0.255 e. The van der Waals surface area contributed by atoms with Crippen molar-refractivity contribution in [3.05, 3.63) is 126 Å². The summed E-state index contributed by atoms with van der Waals surface area (Å²) in [6.07, 6.45) is 1.92. The molecule has 0 unspecified atom stereocenters. The molecular formula is C34H31FN6O4. The zero-order valence-corrected chi connectivity index (χ0v) is 24.7. The average Bonchev–Trinajstić information content (AvgIpc) is 3.52. The lowest BCUT2D eigenvalue weighted by Gasteiger charge is -2.25. The number of likely N-dealkylation sites (N-methyl/N-ethyl adjacent to an activating group) is 1. The van der Waals surface area contributed by atoms with Crippen LogP contribution in [0.5, 0.6) is 5.75 Å². The van der Waals surface area contributed by atoms with E-state index >= 15 is 0 Å². The van der Waals surface area contributed by atoms with Crippen molar-refractivity contribution in [3.8, 4) is 17.0 Å². The summed E-state index contributed by atoms with van der Waals surface area (Å²) in [7, 11) is 3.24. The van der Waals surface area contributed by atoms with E-state index < -0.39 is 23.7 Å². The van der Waals surface area contributed by atoms with E-state index in [0.717, 1.165) is 11.6 Å². The van der Waals surface area contributed by atoms with Crippen LogP contribution in [0.2, 0.25) is 0 Å². The maximum Gasteiger partial charge on any atom is 0.255 e. The summed E-state index contributed by atoms with van der Waals surface area (Å²) in [5.41, 5.74) is 3.52. The zero-order chi connectivity index (χ0) is 31.8. The third-order valence-electron chi connectivity index (χ3n) is 7.08. The fourth-order valence-corrected chi connectivity index (χ4v) is 4.67. The number of hydrogen-bond donors (Lipinski definition) is 2. The Morgan fingerprint density at radius 2 is 1.67 bits per heavy atom. The molecule has 0 fully saturated rings. The Morgan fingerprint density at radius 1 is 0.933 bits per heavy atom. The molecule has 4 aromatic carbocycles. The quantitative estimate of drug-likeness (QED) is 0.224. The molecule has 2 N–H and O–H groups in total. The molecule has 1 heterocycles. The Balaban J connectivity index is 1.23. The molecule has 1 aromatic heterocycles. The Labute approximate surface area is 259 Å². The molecule has 0 bridgehead atoms. The van der Waals surface area contributed by atoms with Crippen molar-refractivity contribution in [1.82, 2.24) is 20.3 Å². The standard InChI is InChI=1S/C34H31FN6O4/c1-40(28-15-17-29(45-2)18-16-28)34(44)30(19-23-7-4-3-5-8-23)37-32(42)22-41-21-31(38-39-41)24-11-13-27(14-12-24)36-33(43)25-9-6-10-26(35)20-25/h3-18,20-21,30H,19,22H2,1-2H3,(H,36,43)(H,37,42)/t30-/m0/s1. The third kappa shape index (κ3) is 7.96. The number of nitrogens with one attached hydrogen (secondary N) is 2. The summed E-state index contributed by atoms with van der Waals surface area (Å²) in [6, 6.07) is 28.0. The van der Waals surface area contributed by atoms with Crippen LogP contribution < -0.4 is 20.3 Å². The Bertz CT molecular complexity index is 1770. The largest absolute Gasteiger partial charge is 0.497 e. The van der Waals surface area contributed by atoms with Gasteiger partial charge in [0.25, 0.3) is 5.91 Å². The van der Waals surface area contributed by atoms with Crippen LogP contribution in [-0.2, 0) is 22.6 Å². The van der Waals surface area contributed by atoms with Crippen LogP contribution in [0.25, 0.3) is 11.3 Å². The van der Waals surface area contributed by atoms with Gasteiger partial charge in [0, 0.05) is 36.0 Å². The molecule has 0 radical (unpaired) electrons. The van der Waals surface area contributed by atoms with Gasteiger partial charge in [-0.2, -0.15) is 0 Å². The maximum absolute atomic E-state index is 13.6. The number of ether oxygens (including phenoxy) is 1. The lowest BCUT2D eigenvalue weighted by Crippen LogP contribution is -2.49. The second kappa shape index (κ2) is 14.1. The first-order valence-corrected chi connectivity index (χ1v) is 14.1. The molecule has 0 aliphatic carbocycles. The number of methoxy groups -OCH3 is 1. The van der Waals surface area contributed by atoms with Gasteiger partial charge >= 0.3 is 0 Å². The Morgan fingerprint density at radius 3 is 2.36 bits per heavy atom. The highest BCUT2D eigenvalue weighted by molar-refractivity contribution is 6.04. The molecule has 5 rings (SSSR count). The van der Waals surface area contributed by atoms with Crippen LogP contribution >= 0.6 is 0 Å². The average molecular weight is 607 g/mol. The molecule has 0 aliphatic heterocycles. The Kier molecular flexibility index (Phi) is 9.58. The van der Waals surface area contributed by atoms with Crippen LogP contribution in [0.15, 0.2) is 109 Å². The molecule has 0 saturated heterocycles. The minimum atomic E-state index is -0.829. The van der Waals surface area contributed by atoms with Crippen molar-refractivity contribution in [2.75, 3.05) is 24.4 Å². The van der Waals surface area contributed by atoms with E-state index in [0.29, 0.717) is 34.8 Å². The van der Waals surface area contributed by atoms with Gasteiger partial charge in [0.05, 0.1) is 13.3 Å². The molecule has 0 saturated carbocycles. The summed E-state index contributed by atoms with van der Waals surface area (Å²) < 4.78 is 20.1. The fraction of sp³-hybridized carbons (Fsp3) is 0.147. The topological polar surface area (TPSA) is 118 Å². The molecule has 11 heteroatoms. The number of hydrogen-bond acceptors (Lipinski definition) is 6. The first-order chi connectivity index (χ1) is 21.8. The molecule has 10 nitrogen and oxygen atoms in total. The van der Waals surface area contributed by atoms with Crippen molar-refractivity contribution >= 4 is 29.1 Å². The third-order valence-corrected chi connectivity index (χ3v) is 7.08. The number of amides is 3. The molecule has 3 amide bonds. The first kappa shape index (κ1) is 30.6. The summed E-state index contributed by atoms with van der Waals surface area (Å²) in [5, 5.41) is 13.8. The monoisotopic (exact) mass is 606 g/mol. The van der Waals surface area contributed by atoms with Crippen LogP contribution in [0.3, 0.4) is 0 Å². The number of anilines is 2. The molecule has 5 aromatic rings. The number of carbonyl (C=O) groups excluding carboxylic acids is 3. The van der Waals surface area contributed by atoms with Gasteiger partial charge in [0.2, 0.25) is 11.8 Å². The van der Waals surface area contributed by atoms with Crippen molar-refractivity contribution in [1.29, 1.82) is 0 Å². The fourth-order valence-electron chi connectivity index (χ4n) is 4.67. The van der Waals surface area contributed by atoms with Gasteiger partial charge in [0.1, 0.15) is 29.8 Å². The van der Waals surface area contributed by atoms with Crippen molar-refractivity contribution in [3.63, 3.8) is 0 Å². The number of nitrogens with zero attached hydrogens (tertiary/aromatic N) is 4. The number of halogens is 1. The summed E-state index contributed by atoms with van der Waals surface area (Å²) in [5.74, 6) is -0.933. The van der Waals surface area contributed by atoms with Crippen molar-refractivity contribution in [2.45, 2.75) is 19.0 Å². The van der Waals surface area contributed by atoms with Gasteiger partial charge in [-0.25, -0.2) is 9.07 Å². The molecular weight excluding hydrogens is 575 g/mol. The number of aromatic nitrogens is 3. The lowest BCUT2D eigenvalue weighted by atomic mass is 10.0. The highest BCUT2D eigenvalue weighted by atomic mass is 19.1. The van der Waals surface area contributed by atoms with Crippen LogP contribution in [0, 0.1) is 5.82 Å². The van der Waals surface area contributed by atoms with E-state index in [2.05, 4.69) is 20.9 Å². The second-order valence-corrected chi connectivity index (χ2v) is 10.2. The van der Waals surface area contributed by atoms with Crippen molar-refractivity contribution < 1.29 is 23.5 Å². The van der Waals surface area contributed by atoms with Gasteiger partial charge in [-0.3, -0.25) is 14.4 Å². The van der Waals surface area contributed by atoms with Gasteiger partial charge in [-0.1, -0.05) is 53.7 Å². The van der Waals surface area contributed by atoms with Crippen LogP contribution in [-0.4, -0.2) is 52.9 Å². The van der Waals surface area contributed by atoms with E-state index in [-0.39, 0.29) is 18.0 Å². The highest BCUT2D eigenvalue weighted by Crippen LogP contribution is 2.21. The second-order valence-electron chi connectivity index (χ2n) is 10.2. The normalized spacial score (nSPS) is 11.4. The summed E-state index contributed by atoms with van der Waals surface area (Å²) in [4.78, 5) is 40.6. The molecule has 1 atom stereocenters. The van der Waals surface area contributed by atoms with Crippen molar-refractivity contribution in [2.24, 2.45) is 0 Å².